The minimum atomic E-state index is -1.42. The molecule has 3 amide bonds. The molecule has 3 fully saturated rings. The van der Waals surface area contributed by atoms with Gasteiger partial charge in [-0.15, -0.1) is 0 Å². The van der Waals surface area contributed by atoms with Gasteiger partial charge in [0.25, 0.3) is 0 Å². The normalized spacial score (nSPS) is 28.1. The number of nitrogens with zero attached hydrogens (tertiary/aromatic N) is 3. The van der Waals surface area contributed by atoms with E-state index in [1.54, 1.807) is 0 Å². The van der Waals surface area contributed by atoms with Crippen LogP contribution in [0.15, 0.2) is 65.8 Å². The van der Waals surface area contributed by atoms with Gasteiger partial charge in [0, 0.05) is 30.2 Å². The zero-order valence-electron chi connectivity index (χ0n) is 28.4. The van der Waals surface area contributed by atoms with E-state index < -0.39 is 47.6 Å². The van der Waals surface area contributed by atoms with Crippen molar-refractivity contribution in [3.63, 3.8) is 0 Å². The molecule has 2 aliphatic heterocycles. The molecule has 0 bridgehead atoms. The van der Waals surface area contributed by atoms with E-state index in [1.165, 1.54) is 4.90 Å². The Morgan fingerprint density at radius 3 is 2.32 bits per heavy atom. The van der Waals surface area contributed by atoms with Crippen molar-refractivity contribution in [1.29, 1.82) is 0 Å². The van der Waals surface area contributed by atoms with Gasteiger partial charge in [0.2, 0.25) is 11.8 Å². The molecule has 2 aliphatic carbocycles. The number of para-hydroxylation sites is 2. The quantitative estimate of drug-likeness (QED) is 0.201. The maximum absolute atomic E-state index is 14.4. The number of fused-ring (bicyclic) bond motifs is 4. The summed E-state index contributed by atoms with van der Waals surface area (Å²) in [5, 5.41) is 22.9. The molecule has 0 radical (unpaired) electrons. The molecule has 2 saturated carbocycles. The zero-order chi connectivity index (χ0) is 34.8. The number of benzene rings is 2. The highest BCUT2D eigenvalue weighted by atomic mass is 16.6. The molecule has 7 rings (SSSR count). The number of carboxylic acids is 1. The third-order valence-corrected chi connectivity index (χ3v) is 10.8. The first-order valence-electron chi connectivity index (χ1n) is 17.9. The molecule has 3 N–H and O–H groups in total. The highest BCUT2D eigenvalue weighted by Gasteiger charge is 2.61. The Morgan fingerprint density at radius 1 is 0.940 bits per heavy atom. The topological polar surface area (TPSA) is 152 Å². The second kappa shape index (κ2) is 14.2. The molecular weight excluding hydrogens is 638 g/mol. The number of hydrogen-bond acceptors (Lipinski definition) is 7. The first-order chi connectivity index (χ1) is 24.2. The first kappa shape index (κ1) is 33.6. The van der Waals surface area contributed by atoms with Crippen LogP contribution in [0, 0.1) is 5.92 Å². The average molecular weight is 684 g/mol. The molecule has 264 valence electrons. The van der Waals surface area contributed by atoms with Crippen molar-refractivity contribution in [1.82, 2.24) is 20.1 Å². The molecule has 0 spiro atoms. The van der Waals surface area contributed by atoms with Crippen LogP contribution in [0.3, 0.4) is 0 Å². The largest absolute Gasteiger partial charge is 0.479 e. The molecule has 5 atom stereocenters. The van der Waals surface area contributed by atoms with Gasteiger partial charge < -0.3 is 34.8 Å². The Morgan fingerprint density at radius 2 is 1.62 bits per heavy atom. The Hall–Kier alpha value is -4.87. The molecule has 3 heterocycles. The lowest BCUT2D eigenvalue weighted by Crippen LogP contribution is -2.56. The van der Waals surface area contributed by atoms with Crippen LogP contribution >= 0.6 is 0 Å². The van der Waals surface area contributed by atoms with Gasteiger partial charge in [0.05, 0.1) is 17.6 Å². The maximum atomic E-state index is 14.4. The summed E-state index contributed by atoms with van der Waals surface area (Å²) in [6.45, 7) is 0.0378. The van der Waals surface area contributed by atoms with Crippen LogP contribution in [0.25, 0.3) is 21.8 Å². The number of amides is 3. The first-order valence-corrected chi connectivity index (χ1v) is 17.9. The number of pyridine rings is 1. The minimum absolute atomic E-state index is 0.0378. The van der Waals surface area contributed by atoms with Crippen LogP contribution in [0.1, 0.15) is 70.6 Å². The minimum Gasteiger partial charge on any atom is -0.479 e. The summed E-state index contributed by atoms with van der Waals surface area (Å²) in [7, 11) is 2.00. The van der Waals surface area contributed by atoms with Crippen molar-refractivity contribution in [2.75, 3.05) is 6.54 Å². The van der Waals surface area contributed by atoms with Gasteiger partial charge in [0.1, 0.15) is 35.2 Å². The second-order valence-electron chi connectivity index (χ2n) is 14.2. The van der Waals surface area contributed by atoms with E-state index >= 15 is 0 Å². The Balaban J connectivity index is 1.20. The lowest BCUT2D eigenvalue weighted by molar-refractivity contribution is -0.145. The van der Waals surface area contributed by atoms with Crippen molar-refractivity contribution in [3.8, 4) is 0 Å². The van der Waals surface area contributed by atoms with Gasteiger partial charge in [-0.2, -0.15) is 0 Å². The predicted molar refractivity (Wildman–Crippen MR) is 185 cm³/mol. The molecule has 2 aromatic carbocycles. The molecule has 3 aromatic rings. The summed E-state index contributed by atoms with van der Waals surface area (Å²) in [5.74, 6) is -2.42. The van der Waals surface area contributed by atoms with Crippen LogP contribution in [0.5, 0.6) is 0 Å². The van der Waals surface area contributed by atoms with Gasteiger partial charge >= 0.3 is 12.1 Å². The fraction of sp³-hybridized carbons (Fsp3) is 0.500. The summed E-state index contributed by atoms with van der Waals surface area (Å²) in [6.07, 6.45) is 9.86. The van der Waals surface area contributed by atoms with E-state index in [9.17, 15) is 24.3 Å². The fourth-order valence-corrected chi connectivity index (χ4v) is 7.90. The summed E-state index contributed by atoms with van der Waals surface area (Å²) in [4.78, 5) is 61.5. The molecule has 0 unspecified atom stereocenters. The van der Waals surface area contributed by atoms with Crippen LogP contribution in [0.4, 0.5) is 4.79 Å². The number of carbonyl (C=O) groups excluding carboxylic acids is 3. The van der Waals surface area contributed by atoms with E-state index in [0.29, 0.717) is 18.2 Å². The van der Waals surface area contributed by atoms with E-state index in [-0.39, 0.29) is 31.4 Å². The van der Waals surface area contributed by atoms with Gasteiger partial charge in [0.15, 0.2) is 0 Å². The number of aliphatic carboxylic acids is 1. The summed E-state index contributed by atoms with van der Waals surface area (Å²) in [5.41, 5.74) is 0.506. The predicted octanol–water partition coefficient (Wildman–Crippen LogP) is 4.65. The smallest absolute Gasteiger partial charge is 0.408 e. The van der Waals surface area contributed by atoms with Crippen LogP contribution < -0.4 is 16.0 Å². The van der Waals surface area contributed by atoms with Crippen molar-refractivity contribution in [3.05, 3.63) is 66.0 Å². The summed E-state index contributed by atoms with van der Waals surface area (Å²) in [6, 6.07) is 13.9. The number of alkyl carbamates (subject to hydrolysis) is 1. The lowest BCUT2D eigenvalue weighted by Gasteiger charge is -2.29. The van der Waals surface area contributed by atoms with Gasteiger partial charge in [-0.25, -0.2) is 9.59 Å². The van der Waals surface area contributed by atoms with Crippen molar-refractivity contribution in [2.24, 2.45) is 18.1 Å². The number of carboxylic acid groups (broad SMARTS) is 1. The van der Waals surface area contributed by atoms with E-state index in [1.807, 2.05) is 67.7 Å². The Kier molecular flexibility index (Phi) is 9.52. The number of hydrogen-bond donors (Lipinski definition) is 3. The molecule has 4 aliphatic rings. The zero-order valence-corrected chi connectivity index (χ0v) is 28.4. The van der Waals surface area contributed by atoms with Gasteiger partial charge in [-0.1, -0.05) is 66.5 Å². The Bertz CT molecular complexity index is 1840. The summed E-state index contributed by atoms with van der Waals surface area (Å²) >= 11 is 0. The molecule has 12 heteroatoms. The van der Waals surface area contributed by atoms with Crippen molar-refractivity contribution < 1.29 is 33.9 Å². The van der Waals surface area contributed by atoms with Crippen LogP contribution in [0.2, 0.25) is 0 Å². The molecule has 50 heavy (non-hydrogen) atoms. The number of allylic oxidation sites excluding steroid dienone is 1. The Labute approximate surface area is 290 Å². The number of aryl methyl sites for hydroxylation is 1. The number of ether oxygens (including phenoxy) is 1. The number of rotatable bonds is 5. The van der Waals surface area contributed by atoms with Crippen LogP contribution in [-0.2, 0) is 31.0 Å². The fourth-order valence-electron chi connectivity index (χ4n) is 7.90. The van der Waals surface area contributed by atoms with E-state index in [0.717, 1.165) is 66.8 Å². The molecule has 1 saturated heterocycles. The highest BCUT2D eigenvalue weighted by Crippen LogP contribution is 2.45. The average Bonchev–Trinajstić information content (AvgIpc) is 3.39. The van der Waals surface area contributed by atoms with Crippen molar-refractivity contribution in [2.45, 2.75) is 100 Å². The highest BCUT2D eigenvalue weighted by molar-refractivity contribution is 5.96. The summed E-state index contributed by atoms with van der Waals surface area (Å²) < 4.78 is 7.75. The third kappa shape index (κ3) is 6.67. The maximum Gasteiger partial charge on any atom is 0.408 e. The van der Waals surface area contributed by atoms with E-state index in [2.05, 4.69) is 20.4 Å². The number of aromatic nitrogens is 1. The standard InChI is InChI=1S/C38H45N5O7/c1-42-30-19-11-9-16-27(30)33(28-17-10-12-20-31(28)42)41-50-26-21-32-34(44)40-38(36(46)47)22-24(38)13-5-3-2-4-6-18-29(35(45)43(32)23-26)39-37(48)49-25-14-7-8-15-25/h5,9-13,16-17,19-20,24-26,29,32H,2-4,6-8,14-15,18,21-23H2,1H3,(H,39,48)(H,40,44)(H,46,47)/b13-5-/t24-,26-,29+,32+,38+/m1/s1. The van der Waals surface area contributed by atoms with Crippen molar-refractivity contribution >= 4 is 45.7 Å². The van der Waals surface area contributed by atoms with Gasteiger partial charge in [-0.05, 0) is 63.5 Å². The van der Waals surface area contributed by atoms with E-state index in [4.69, 9.17) is 9.57 Å². The molecular formula is C38H45N5O7. The molecule has 1 aromatic heterocycles. The lowest BCUT2D eigenvalue weighted by atomic mass is 10.0. The number of nitrogens with one attached hydrogen (secondary N) is 2. The monoisotopic (exact) mass is 683 g/mol. The number of carbonyl (C=O) groups is 4. The van der Waals surface area contributed by atoms with Crippen LogP contribution in [-0.4, -0.2) is 74.8 Å². The van der Waals surface area contributed by atoms with Gasteiger partial charge in [-0.3, -0.25) is 9.59 Å². The molecule has 12 nitrogen and oxygen atoms in total. The third-order valence-electron chi connectivity index (χ3n) is 10.8. The SMILES string of the molecule is Cn1c2ccccc2c(=NO[C@@H]2C[C@H]3C(=O)N[C@@]4(C(=O)O)C[C@H]4/C=C\CCCCC[C@H](NC(=O)OC4CCCC4)C(=O)N3C2)c2ccccc21. The second-order valence-corrected chi connectivity index (χ2v) is 14.2.